The minimum Gasteiger partial charge on any atom is -0.493 e. The van der Waals surface area contributed by atoms with Crippen molar-refractivity contribution in [2.45, 2.75) is 12.6 Å². The number of nitrogens with two attached hydrogens (primary N) is 1. The molecule has 1 atom stereocenters. The average molecular weight is 421 g/mol. The van der Waals surface area contributed by atoms with Crippen molar-refractivity contribution >= 4 is 22.9 Å². The molecule has 5 rings (SSSR count). The lowest BCUT2D eigenvalue weighted by molar-refractivity contribution is 0.297. The molecule has 0 bridgehead atoms. The van der Waals surface area contributed by atoms with Crippen LogP contribution in [0.15, 0.2) is 48.0 Å². The molecule has 31 heavy (non-hydrogen) atoms. The van der Waals surface area contributed by atoms with Gasteiger partial charge in [-0.3, -0.25) is 9.88 Å². The number of fused-ring (bicyclic) bond motifs is 4. The van der Waals surface area contributed by atoms with Gasteiger partial charge in [0.25, 0.3) is 0 Å². The number of hydrogen-bond donors (Lipinski definition) is 2. The van der Waals surface area contributed by atoms with Crippen LogP contribution in [0.1, 0.15) is 18.2 Å². The summed E-state index contributed by atoms with van der Waals surface area (Å²) in [7, 11) is 1.60. The maximum absolute atomic E-state index is 6.08. The van der Waals surface area contributed by atoms with Gasteiger partial charge in [0.15, 0.2) is 35.1 Å². The van der Waals surface area contributed by atoms with Crippen molar-refractivity contribution in [3.05, 3.63) is 48.6 Å². The minimum absolute atomic E-state index is 0.285. The highest BCUT2D eigenvalue weighted by molar-refractivity contribution is 5.95. The molecule has 0 amide bonds. The fourth-order valence-electron chi connectivity index (χ4n) is 3.76. The van der Waals surface area contributed by atoms with Crippen molar-refractivity contribution in [3.63, 3.8) is 0 Å². The van der Waals surface area contributed by atoms with Gasteiger partial charge >= 0.3 is 0 Å². The lowest BCUT2D eigenvalue weighted by atomic mass is 10.1. The summed E-state index contributed by atoms with van der Waals surface area (Å²) in [6.45, 7) is 5.29. The number of anilines is 1. The van der Waals surface area contributed by atoms with E-state index in [9.17, 15) is 0 Å². The van der Waals surface area contributed by atoms with E-state index in [1.54, 1.807) is 13.2 Å². The molecule has 2 aliphatic rings. The predicted molar refractivity (Wildman–Crippen MR) is 117 cm³/mol. The van der Waals surface area contributed by atoms with Gasteiger partial charge < -0.3 is 24.7 Å². The highest BCUT2D eigenvalue weighted by Gasteiger charge is 2.27. The van der Waals surface area contributed by atoms with Gasteiger partial charge in [0.1, 0.15) is 6.61 Å². The number of guanidine groups is 1. The summed E-state index contributed by atoms with van der Waals surface area (Å²) in [6, 6.07) is 9.52. The van der Waals surface area contributed by atoms with Gasteiger partial charge in [-0.25, -0.2) is 9.98 Å². The number of nitrogens with zero attached hydrogens (tertiary/aromatic N) is 3. The van der Waals surface area contributed by atoms with E-state index >= 15 is 0 Å². The standard InChI is InChI=1S/C22H23N5O4/c1-3-7-29-16-6-5-13(10-17(16)28-2)20-25-21(23)26-22-24-14-11-18-19(12-15(14)27(20)22)31-9-4-8-30-18/h3,5-6,10-12,20H,1,4,7-9H2,2H3,(H3,23,24,25,26). The van der Waals surface area contributed by atoms with Crippen LogP contribution in [0.5, 0.6) is 23.0 Å². The van der Waals surface area contributed by atoms with Crippen molar-refractivity contribution in [3.8, 4) is 23.0 Å². The molecular weight excluding hydrogens is 398 g/mol. The largest absolute Gasteiger partial charge is 0.493 e. The Morgan fingerprint density at radius 1 is 1.23 bits per heavy atom. The van der Waals surface area contributed by atoms with Crippen LogP contribution >= 0.6 is 0 Å². The smallest absolute Gasteiger partial charge is 0.212 e. The molecule has 3 aromatic rings. The third kappa shape index (κ3) is 3.37. The molecule has 0 spiro atoms. The molecule has 1 unspecified atom stereocenters. The van der Waals surface area contributed by atoms with E-state index in [4.69, 9.17) is 29.7 Å². The van der Waals surface area contributed by atoms with Crippen LogP contribution in [0, 0.1) is 0 Å². The third-order valence-corrected chi connectivity index (χ3v) is 5.15. The normalized spacial score (nSPS) is 17.2. The first-order valence-electron chi connectivity index (χ1n) is 10.0. The van der Waals surface area contributed by atoms with Crippen LogP contribution < -0.4 is 30.0 Å². The van der Waals surface area contributed by atoms with E-state index in [0.29, 0.717) is 48.8 Å². The lowest BCUT2D eigenvalue weighted by Crippen LogP contribution is -2.31. The summed E-state index contributed by atoms with van der Waals surface area (Å²) in [6.07, 6.45) is 2.08. The number of ether oxygens (including phenoxy) is 4. The molecule has 2 aliphatic heterocycles. The van der Waals surface area contributed by atoms with E-state index < -0.39 is 6.17 Å². The first kappa shape index (κ1) is 19.1. The van der Waals surface area contributed by atoms with Crippen LogP contribution in [-0.4, -0.2) is 42.4 Å². The monoisotopic (exact) mass is 421 g/mol. The fraction of sp³-hybridized carbons (Fsp3) is 0.273. The van der Waals surface area contributed by atoms with Crippen LogP contribution in [0.3, 0.4) is 0 Å². The molecule has 1 aromatic heterocycles. The topological polar surface area (TPSA) is 105 Å². The number of nitrogens with one attached hydrogen (secondary N) is 1. The molecular formula is C22H23N5O4. The highest BCUT2D eigenvalue weighted by Crippen LogP contribution is 2.40. The zero-order valence-corrected chi connectivity index (χ0v) is 17.1. The summed E-state index contributed by atoms with van der Waals surface area (Å²) >= 11 is 0. The quantitative estimate of drug-likeness (QED) is 0.610. The molecule has 3 heterocycles. The van der Waals surface area contributed by atoms with Crippen molar-refractivity contribution in [2.24, 2.45) is 10.7 Å². The van der Waals surface area contributed by atoms with E-state index in [-0.39, 0.29) is 5.96 Å². The summed E-state index contributed by atoms with van der Waals surface area (Å²) in [5, 5.41) is 3.05. The van der Waals surface area contributed by atoms with Gasteiger partial charge in [-0.2, -0.15) is 0 Å². The Labute approximate surface area is 179 Å². The molecule has 0 saturated carbocycles. The van der Waals surface area contributed by atoms with Crippen molar-refractivity contribution in [2.75, 3.05) is 32.2 Å². The molecule has 0 saturated heterocycles. The number of aromatic nitrogens is 2. The fourth-order valence-corrected chi connectivity index (χ4v) is 3.76. The van der Waals surface area contributed by atoms with Gasteiger partial charge in [0, 0.05) is 24.1 Å². The SMILES string of the molecule is C=CCOc1ccc(C2N=C(N)Nc3nc4cc5c(cc4n32)OCCCO5)cc1OC. The Balaban J connectivity index is 1.62. The number of aliphatic imine (C=N–C) groups is 1. The zero-order valence-electron chi connectivity index (χ0n) is 17.1. The third-order valence-electron chi connectivity index (χ3n) is 5.15. The van der Waals surface area contributed by atoms with Crippen LogP contribution in [0.25, 0.3) is 11.0 Å². The summed E-state index contributed by atoms with van der Waals surface area (Å²) in [5.74, 6) is 3.49. The van der Waals surface area contributed by atoms with Crippen molar-refractivity contribution in [1.82, 2.24) is 9.55 Å². The van der Waals surface area contributed by atoms with Crippen LogP contribution in [0.4, 0.5) is 5.95 Å². The highest BCUT2D eigenvalue weighted by atomic mass is 16.5. The second kappa shape index (κ2) is 7.75. The molecule has 9 heteroatoms. The molecule has 0 fully saturated rings. The maximum Gasteiger partial charge on any atom is 0.212 e. The van der Waals surface area contributed by atoms with E-state index in [2.05, 4.69) is 16.9 Å². The Hall–Kier alpha value is -3.88. The minimum atomic E-state index is -0.437. The molecule has 3 N–H and O–H groups in total. The van der Waals surface area contributed by atoms with Gasteiger partial charge in [-0.05, 0) is 12.1 Å². The maximum atomic E-state index is 6.08. The van der Waals surface area contributed by atoms with Crippen LogP contribution in [0.2, 0.25) is 0 Å². The number of benzene rings is 2. The summed E-state index contributed by atoms with van der Waals surface area (Å²) in [5.41, 5.74) is 8.58. The van der Waals surface area contributed by atoms with Crippen molar-refractivity contribution < 1.29 is 18.9 Å². The number of imidazole rings is 1. The van der Waals surface area contributed by atoms with E-state index in [1.165, 1.54) is 0 Å². The Kier molecular flexibility index (Phi) is 4.78. The Bertz CT molecular complexity index is 1190. The van der Waals surface area contributed by atoms with Gasteiger partial charge in [0.05, 0.1) is 31.4 Å². The Morgan fingerprint density at radius 3 is 2.81 bits per heavy atom. The second-order valence-electron chi connectivity index (χ2n) is 7.17. The van der Waals surface area contributed by atoms with E-state index in [0.717, 1.165) is 23.0 Å². The first-order valence-corrected chi connectivity index (χ1v) is 10.0. The first-order chi connectivity index (χ1) is 15.2. The molecule has 9 nitrogen and oxygen atoms in total. The number of hydrogen-bond acceptors (Lipinski definition) is 8. The van der Waals surface area contributed by atoms with Crippen LogP contribution in [-0.2, 0) is 0 Å². The molecule has 0 radical (unpaired) electrons. The summed E-state index contributed by atoms with van der Waals surface area (Å²) < 4.78 is 24.9. The summed E-state index contributed by atoms with van der Waals surface area (Å²) in [4.78, 5) is 9.34. The second-order valence-corrected chi connectivity index (χ2v) is 7.17. The van der Waals surface area contributed by atoms with Gasteiger partial charge in [0.2, 0.25) is 5.95 Å². The molecule has 2 aromatic carbocycles. The zero-order chi connectivity index (χ0) is 21.4. The van der Waals surface area contributed by atoms with Gasteiger partial charge in [-0.15, -0.1) is 0 Å². The average Bonchev–Trinajstić information content (AvgIpc) is 2.96. The van der Waals surface area contributed by atoms with Crippen molar-refractivity contribution in [1.29, 1.82) is 0 Å². The lowest BCUT2D eigenvalue weighted by Gasteiger charge is -2.24. The van der Waals surface area contributed by atoms with Gasteiger partial charge in [-0.1, -0.05) is 18.7 Å². The molecule has 160 valence electrons. The Morgan fingerprint density at radius 2 is 2.03 bits per heavy atom. The molecule has 0 aliphatic carbocycles. The predicted octanol–water partition coefficient (Wildman–Crippen LogP) is 3.06. The van der Waals surface area contributed by atoms with E-state index in [1.807, 2.05) is 34.9 Å². The number of methoxy groups -OCH3 is 1. The number of rotatable bonds is 5.